The van der Waals surface area contributed by atoms with E-state index in [1.54, 1.807) is 0 Å². The van der Waals surface area contributed by atoms with Gasteiger partial charge in [-0.2, -0.15) is 0 Å². The fraction of sp³-hybridized carbons (Fsp3) is 0.364. The first-order valence-corrected chi connectivity index (χ1v) is 4.82. The molecule has 0 unspecified atom stereocenters. The summed E-state index contributed by atoms with van der Waals surface area (Å²) in [5, 5.41) is 8.91. The lowest BCUT2D eigenvalue weighted by Crippen LogP contribution is -2.17. The Labute approximate surface area is 91.7 Å². The molecule has 0 aromatic heterocycles. The highest BCUT2D eigenvalue weighted by molar-refractivity contribution is 5.38. The van der Waals surface area contributed by atoms with Crippen LogP contribution in [0.3, 0.4) is 0 Å². The molecule has 1 radical (unpaired) electrons. The number of aliphatic hydroxyl groups excluding tert-OH is 1. The molecule has 0 heterocycles. The number of aryl methyl sites for hydroxylation is 1. The molecule has 16 heavy (non-hydrogen) atoms. The molecule has 0 bridgehead atoms. The molecule has 1 aromatic rings. The molecule has 0 saturated heterocycles. The van der Waals surface area contributed by atoms with Gasteiger partial charge in [-0.25, -0.2) is 0 Å². The average Bonchev–Trinajstić information content (AvgIpc) is 2.18. The second kappa shape index (κ2) is 5.21. The normalized spacial score (nSPS) is 11.6. The van der Waals surface area contributed by atoms with E-state index in [0.717, 1.165) is 18.6 Å². The molecule has 0 aliphatic carbocycles. The van der Waals surface area contributed by atoms with Crippen molar-refractivity contribution in [1.29, 1.82) is 0 Å². The van der Waals surface area contributed by atoms with Crippen molar-refractivity contribution in [3.8, 4) is 5.75 Å². The van der Waals surface area contributed by atoms with Gasteiger partial charge in [0.15, 0.2) is 0 Å². The summed E-state index contributed by atoms with van der Waals surface area (Å²) in [5.41, 5.74) is 1.14. The van der Waals surface area contributed by atoms with Crippen molar-refractivity contribution >= 4 is 0 Å². The lowest BCUT2D eigenvalue weighted by molar-refractivity contribution is -0.274. The summed E-state index contributed by atoms with van der Waals surface area (Å²) < 4.78 is 39.5. The molecule has 0 aliphatic heterocycles. The maximum Gasteiger partial charge on any atom is 0.573 e. The molecule has 2 nitrogen and oxygen atoms in total. The number of alkyl halides is 3. The fourth-order valence-electron chi connectivity index (χ4n) is 1.39. The van der Waals surface area contributed by atoms with E-state index in [9.17, 15) is 13.2 Å². The number of aliphatic hydroxyl groups is 1. The van der Waals surface area contributed by atoms with Crippen LogP contribution in [0.2, 0.25) is 0 Å². The van der Waals surface area contributed by atoms with Crippen LogP contribution in [0.4, 0.5) is 13.2 Å². The highest BCUT2D eigenvalue weighted by Crippen LogP contribution is 2.26. The van der Waals surface area contributed by atoms with Crippen LogP contribution in [0.25, 0.3) is 0 Å². The van der Waals surface area contributed by atoms with Crippen LogP contribution < -0.4 is 4.74 Å². The van der Waals surface area contributed by atoms with E-state index in [-0.39, 0.29) is 5.75 Å². The largest absolute Gasteiger partial charge is 0.573 e. The van der Waals surface area contributed by atoms with Crippen LogP contribution in [0.15, 0.2) is 18.2 Å². The quantitative estimate of drug-likeness (QED) is 0.863. The molecule has 0 spiro atoms. The summed E-state index contributed by atoms with van der Waals surface area (Å²) in [7, 11) is 0. The molecule has 0 amide bonds. The van der Waals surface area contributed by atoms with Gasteiger partial charge in [0.1, 0.15) is 12.4 Å². The molecule has 0 saturated carbocycles. The van der Waals surface area contributed by atoms with Gasteiger partial charge in [0.05, 0.1) is 0 Å². The second-order valence-electron chi connectivity index (χ2n) is 3.29. The minimum absolute atomic E-state index is 0.326. The van der Waals surface area contributed by atoms with Gasteiger partial charge in [-0.1, -0.05) is 19.4 Å². The Morgan fingerprint density at radius 2 is 2.06 bits per heavy atom. The van der Waals surface area contributed by atoms with E-state index in [1.165, 1.54) is 18.2 Å². The van der Waals surface area contributed by atoms with Crippen molar-refractivity contribution in [2.75, 3.05) is 0 Å². The topological polar surface area (TPSA) is 29.5 Å². The molecule has 1 aromatic carbocycles. The predicted octanol–water partition coefficient (Wildman–Crippen LogP) is 3.42. The minimum Gasteiger partial charge on any atom is -0.406 e. The average molecular weight is 233 g/mol. The van der Waals surface area contributed by atoms with Crippen molar-refractivity contribution < 1.29 is 23.0 Å². The first-order valence-electron chi connectivity index (χ1n) is 4.82. The van der Waals surface area contributed by atoms with Crippen LogP contribution in [0.5, 0.6) is 5.75 Å². The van der Waals surface area contributed by atoms with Gasteiger partial charge in [-0.05, 0) is 29.7 Å². The van der Waals surface area contributed by atoms with Gasteiger partial charge in [-0.15, -0.1) is 13.2 Å². The number of halogens is 3. The number of ether oxygens (including phenoxy) is 1. The molecule has 0 fully saturated rings. The van der Waals surface area contributed by atoms with Crippen molar-refractivity contribution in [3.05, 3.63) is 35.9 Å². The highest BCUT2D eigenvalue weighted by atomic mass is 19.4. The Morgan fingerprint density at radius 1 is 1.38 bits per heavy atom. The van der Waals surface area contributed by atoms with Crippen LogP contribution in [0, 0.1) is 6.61 Å². The molecular weight excluding hydrogens is 221 g/mol. The third kappa shape index (κ3) is 3.73. The predicted molar refractivity (Wildman–Crippen MR) is 52.5 cm³/mol. The zero-order chi connectivity index (χ0) is 12.2. The Hall–Kier alpha value is -1.23. The van der Waals surface area contributed by atoms with Gasteiger partial charge in [0, 0.05) is 0 Å². The SMILES string of the molecule is CCCc1ccc(OC(F)(F)F)cc1[CH]O. The van der Waals surface area contributed by atoms with Crippen molar-refractivity contribution in [2.45, 2.75) is 26.1 Å². The first kappa shape index (κ1) is 12.8. The monoisotopic (exact) mass is 233 g/mol. The Balaban J connectivity index is 2.90. The van der Waals surface area contributed by atoms with Gasteiger partial charge in [0.2, 0.25) is 0 Å². The number of hydrogen-bond acceptors (Lipinski definition) is 2. The summed E-state index contributed by atoms with van der Waals surface area (Å²) in [6, 6.07) is 3.93. The molecule has 1 rings (SSSR count). The van der Waals surface area contributed by atoms with Crippen LogP contribution in [0.1, 0.15) is 24.5 Å². The smallest absolute Gasteiger partial charge is 0.406 e. The highest BCUT2D eigenvalue weighted by Gasteiger charge is 2.31. The Bertz CT molecular complexity index is 348. The Morgan fingerprint density at radius 3 is 2.56 bits per heavy atom. The third-order valence-electron chi connectivity index (χ3n) is 2.01. The van der Waals surface area contributed by atoms with E-state index < -0.39 is 6.36 Å². The van der Waals surface area contributed by atoms with Gasteiger partial charge in [-0.3, -0.25) is 0 Å². The summed E-state index contributed by atoms with van der Waals surface area (Å²) in [4.78, 5) is 0. The van der Waals surface area contributed by atoms with Crippen molar-refractivity contribution in [1.82, 2.24) is 0 Å². The fourth-order valence-corrected chi connectivity index (χ4v) is 1.39. The summed E-state index contributed by atoms with van der Waals surface area (Å²) in [6.45, 7) is 2.73. The van der Waals surface area contributed by atoms with Crippen LogP contribution in [-0.2, 0) is 6.42 Å². The van der Waals surface area contributed by atoms with E-state index in [4.69, 9.17) is 5.11 Å². The molecule has 89 valence electrons. The zero-order valence-corrected chi connectivity index (χ0v) is 8.71. The Kier molecular flexibility index (Phi) is 4.18. The lowest BCUT2D eigenvalue weighted by Gasteiger charge is -2.11. The standard InChI is InChI=1S/C11H12F3O2/c1-2-3-8-4-5-10(6-9(8)7-15)16-11(12,13)14/h4-7,15H,2-3H2,1H3. The second-order valence-corrected chi connectivity index (χ2v) is 3.29. The molecule has 0 atom stereocenters. The van der Waals surface area contributed by atoms with Crippen LogP contribution >= 0.6 is 0 Å². The van der Waals surface area contributed by atoms with E-state index >= 15 is 0 Å². The molecule has 1 N–H and O–H groups in total. The molecule has 0 aliphatic rings. The third-order valence-corrected chi connectivity index (χ3v) is 2.01. The zero-order valence-electron chi connectivity index (χ0n) is 8.71. The maximum absolute atomic E-state index is 11.9. The van der Waals surface area contributed by atoms with Crippen molar-refractivity contribution in [3.63, 3.8) is 0 Å². The van der Waals surface area contributed by atoms with E-state index in [1.807, 2.05) is 6.92 Å². The van der Waals surface area contributed by atoms with Gasteiger partial charge < -0.3 is 9.84 Å². The lowest BCUT2D eigenvalue weighted by atomic mass is 10.0. The molecule has 5 heteroatoms. The number of hydrogen-bond donors (Lipinski definition) is 1. The minimum atomic E-state index is -4.71. The maximum atomic E-state index is 11.9. The summed E-state index contributed by atoms with van der Waals surface area (Å²) >= 11 is 0. The van der Waals surface area contributed by atoms with Crippen molar-refractivity contribution in [2.24, 2.45) is 0 Å². The van der Waals surface area contributed by atoms with Gasteiger partial charge >= 0.3 is 6.36 Å². The summed E-state index contributed by atoms with van der Waals surface area (Å²) in [6.07, 6.45) is -3.17. The summed E-state index contributed by atoms with van der Waals surface area (Å²) in [5.74, 6) is -0.326. The molecular formula is C11H12F3O2. The van der Waals surface area contributed by atoms with Gasteiger partial charge in [0.25, 0.3) is 0 Å². The number of rotatable bonds is 4. The van der Waals surface area contributed by atoms with E-state index in [2.05, 4.69) is 4.74 Å². The van der Waals surface area contributed by atoms with E-state index in [0.29, 0.717) is 12.0 Å². The first-order chi connectivity index (χ1) is 7.46. The number of benzene rings is 1. The van der Waals surface area contributed by atoms with Crippen LogP contribution in [-0.4, -0.2) is 11.5 Å².